The minimum Gasteiger partial charge on any atom is -0.348 e. The molecule has 2 rings (SSSR count). The maximum Gasteiger partial charge on any atom is 0.236 e. The van der Waals surface area contributed by atoms with E-state index in [0.717, 1.165) is 38.9 Å². The van der Waals surface area contributed by atoms with Gasteiger partial charge < -0.3 is 14.3 Å². The van der Waals surface area contributed by atoms with Gasteiger partial charge in [-0.25, -0.2) is 0 Å². The largest absolute Gasteiger partial charge is 0.348 e. The summed E-state index contributed by atoms with van der Waals surface area (Å²) in [4.78, 5) is 34.2. The maximum absolute atomic E-state index is 12.4. The Bertz CT molecular complexity index is 572. The molecule has 0 atom stereocenters. The first-order valence-electron chi connectivity index (χ1n) is 9.01. The molecule has 0 radical (unpaired) electrons. The van der Waals surface area contributed by atoms with Gasteiger partial charge in [0.15, 0.2) is 5.82 Å². The van der Waals surface area contributed by atoms with Crippen LogP contribution in [0.4, 0.5) is 0 Å². The highest BCUT2D eigenvalue weighted by molar-refractivity contribution is 5.78. The smallest absolute Gasteiger partial charge is 0.236 e. The molecule has 1 aromatic rings. The Labute approximate surface area is 149 Å². The average molecular weight is 351 g/mol. The van der Waals surface area contributed by atoms with Crippen molar-refractivity contribution in [2.45, 2.75) is 39.0 Å². The molecule has 0 aromatic carbocycles. The van der Waals surface area contributed by atoms with E-state index in [2.05, 4.69) is 22.0 Å². The van der Waals surface area contributed by atoms with Crippen molar-refractivity contribution in [1.29, 1.82) is 0 Å². The zero-order valence-corrected chi connectivity index (χ0v) is 15.5. The van der Waals surface area contributed by atoms with Gasteiger partial charge in [-0.3, -0.25) is 14.5 Å². The number of rotatable bonds is 7. The molecule has 0 spiro atoms. The van der Waals surface area contributed by atoms with Gasteiger partial charge >= 0.3 is 0 Å². The molecule has 8 nitrogen and oxygen atoms in total. The predicted octanol–water partition coefficient (Wildman–Crippen LogP) is 0.577. The van der Waals surface area contributed by atoms with E-state index >= 15 is 0 Å². The SMILES string of the molecule is CCCc1noc(CCC(=O)N2CCCN(CC(=O)N(C)C)CC2)n1. The van der Waals surface area contributed by atoms with Crippen molar-refractivity contribution in [3.8, 4) is 0 Å². The molecule has 0 saturated carbocycles. The maximum atomic E-state index is 12.4. The van der Waals surface area contributed by atoms with Crippen LogP contribution in [0, 0.1) is 0 Å². The van der Waals surface area contributed by atoms with Crippen molar-refractivity contribution in [1.82, 2.24) is 24.8 Å². The first-order chi connectivity index (χ1) is 12.0. The Morgan fingerprint density at radius 3 is 2.68 bits per heavy atom. The van der Waals surface area contributed by atoms with Crippen LogP contribution >= 0.6 is 0 Å². The third-order valence-electron chi connectivity index (χ3n) is 4.34. The van der Waals surface area contributed by atoms with Gasteiger partial charge in [-0.15, -0.1) is 0 Å². The fraction of sp³-hybridized carbons (Fsp3) is 0.765. The summed E-state index contributed by atoms with van der Waals surface area (Å²) in [6.45, 7) is 5.44. The first-order valence-corrected chi connectivity index (χ1v) is 9.01. The molecule has 1 fully saturated rings. The summed E-state index contributed by atoms with van der Waals surface area (Å²) < 4.78 is 5.18. The molecule has 0 unspecified atom stereocenters. The number of carbonyl (C=O) groups excluding carboxylic acids is 2. The summed E-state index contributed by atoms with van der Waals surface area (Å²) in [6.07, 6.45) is 3.51. The standard InChI is InChI=1S/C17H29N5O3/c1-4-6-14-18-15(25-19-14)7-8-16(23)22-10-5-9-21(11-12-22)13-17(24)20(2)3/h4-13H2,1-3H3. The van der Waals surface area contributed by atoms with Gasteiger partial charge in [0.05, 0.1) is 6.54 Å². The van der Waals surface area contributed by atoms with Crippen LogP contribution in [0.15, 0.2) is 4.52 Å². The monoisotopic (exact) mass is 351 g/mol. The van der Waals surface area contributed by atoms with E-state index in [0.29, 0.717) is 37.6 Å². The Hall–Kier alpha value is -1.96. The van der Waals surface area contributed by atoms with Gasteiger partial charge in [0.1, 0.15) is 0 Å². The van der Waals surface area contributed by atoms with E-state index in [1.165, 1.54) is 0 Å². The van der Waals surface area contributed by atoms with Crippen LogP contribution in [0.3, 0.4) is 0 Å². The van der Waals surface area contributed by atoms with E-state index in [1.54, 1.807) is 19.0 Å². The van der Waals surface area contributed by atoms with Gasteiger partial charge in [0.2, 0.25) is 17.7 Å². The molecule has 2 amide bonds. The number of amides is 2. The highest BCUT2D eigenvalue weighted by Gasteiger charge is 2.21. The van der Waals surface area contributed by atoms with Crippen LogP contribution in [0.1, 0.15) is 37.9 Å². The number of aryl methyl sites for hydroxylation is 2. The summed E-state index contributed by atoms with van der Waals surface area (Å²) in [5, 5.41) is 3.91. The third-order valence-corrected chi connectivity index (χ3v) is 4.34. The number of carbonyl (C=O) groups is 2. The summed E-state index contributed by atoms with van der Waals surface area (Å²) in [7, 11) is 3.53. The Kier molecular flexibility index (Phi) is 7.36. The lowest BCUT2D eigenvalue weighted by Crippen LogP contribution is -2.39. The minimum atomic E-state index is 0.0963. The molecular weight excluding hydrogens is 322 g/mol. The van der Waals surface area contributed by atoms with Crippen molar-refractivity contribution in [2.24, 2.45) is 0 Å². The molecule has 1 aliphatic heterocycles. The quantitative estimate of drug-likeness (QED) is 0.714. The molecule has 0 N–H and O–H groups in total. The molecule has 0 aliphatic carbocycles. The molecule has 25 heavy (non-hydrogen) atoms. The van der Waals surface area contributed by atoms with Crippen LogP contribution in [-0.2, 0) is 22.4 Å². The normalized spacial score (nSPS) is 15.9. The zero-order chi connectivity index (χ0) is 18.2. The minimum absolute atomic E-state index is 0.0963. The lowest BCUT2D eigenvalue weighted by Gasteiger charge is -2.22. The van der Waals surface area contributed by atoms with Crippen molar-refractivity contribution in [3.05, 3.63) is 11.7 Å². The average Bonchev–Trinajstić information content (AvgIpc) is 2.89. The molecule has 1 aliphatic rings. The van der Waals surface area contributed by atoms with E-state index < -0.39 is 0 Å². The first kappa shape index (κ1) is 19.4. The van der Waals surface area contributed by atoms with Gasteiger partial charge in [-0.1, -0.05) is 12.1 Å². The second-order valence-corrected chi connectivity index (χ2v) is 6.65. The van der Waals surface area contributed by atoms with Crippen LogP contribution < -0.4 is 0 Å². The van der Waals surface area contributed by atoms with E-state index in [4.69, 9.17) is 4.52 Å². The Balaban J connectivity index is 1.77. The fourth-order valence-corrected chi connectivity index (χ4v) is 2.80. The number of aromatic nitrogens is 2. The molecule has 1 aromatic heterocycles. The van der Waals surface area contributed by atoms with Crippen LogP contribution in [-0.4, -0.2) is 83.5 Å². The summed E-state index contributed by atoms with van der Waals surface area (Å²) in [5.41, 5.74) is 0. The zero-order valence-electron chi connectivity index (χ0n) is 15.5. The van der Waals surface area contributed by atoms with Crippen molar-refractivity contribution >= 4 is 11.8 Å². The summed E-state index contributed by atoms with van der Waals surface area (Å²) in [5.74, 6) is 1.45. The predicted molar refractivity (Wildman–Crippen MR) is 92.9 cm³/mol. The fourth-order valence-electron chi connectivity index (χ4n) is 2.80. The second kappa shape index (κ2) is 9.50. The lowest BCUT2D eigenvalue weighted by atomic mass is 10.2. The molecule has 2 heterocycles. The van der Waals surface area contributed by atoms with Gasteiger partial charge in [-0.05, 0) is 12.8 Å². The number of hydrogen-bond donors (Lipinski definition) is 0. The number of nitrogens with zero attached hydrogens (tertiary/aromatic N) is 5. The highest BCUT2D eigenvalue weighted by atomic mass is 16.5. The molecule has 0 bridgehead atoms. The highest BCUT2D eigenvalue weighted by Crippen LogP contribution is 2.08. The van der Waals surface area contributed by atoms with Crippen molar-refractivity contribution < 1.29 is 14.1 Å². The number of hydrogen-bond acceptors (Lipinski definition) is 6. The van der Waals surface area contributed by atoms with Gasteiger partial charge in [0.25, 0.3) is 0 Å². The van der Waals surface area contributed by atoms with Crippen LogP contribution in [0.5, 0.6) is 0 Å². The Morgan fingerprint density at radius 2 is 1.96 bits per heavy atom. The van der Waals surface area contributed by atoms with E-state index in [-0.39, 0.29) is 11.8 Å². The third kappa shape index (κ3) is 6.12. The van der Waals surface area contributed by atoms with Gasteiger partial charge in [-0.2, -0.15) is 4.98 Å². The van der Waals surface area contributed by atoms with Crippen LogP contribution in [0.25, 0.3) is 0 Å². The second-order valence-electron chi connectivity index (χ2n) is 6.65. The van der Waals surface area contributed by atoms with E-state index in [1.807, 2.05) is 4.90 Å². The topological polar surface area (TPSA) is 82.8 Å². The molecule has 8 heteroatoms. The number of likely N-dealkylation sites (N-methyl/N-ethyl adjacent to an activating group) is 1. The molecule has 1 saturated heterocycles. The van der Waals surface area contributed by atoms with E-state index in [9.17, 15) is 9.59 Å². The van der Waals surface area contributed by atoms with Gasteiger partial charge in [0, 0.05) is 59.5 Å². The molecular formula is C17H29N5O3. The summed E-state index contributed by atoms with van der Waals surface area (Å²) >= 11 is 0. The van der Waals surface area contributed by atoms with Crippen LogP contribution in [0.2, 0.25) is 0 Å². The summed E-state index contributed by atoms with van der Waals surface area (Å²) in [6, 6.07) is 0. The lowest BCUT2D eigenvalue weighted by molar-refractivity contribution is -0.131. The van der Waals surface area contributed by atoms with Crippen molar-refractivity contribution in [2.75, 3.05) is 46.8 Å². The van der Waals surface area contributed by atoms with Crippen molar-refractivity contribution in [3.63, 3.8) is 0 Å². The Morgan fingerprint density at radius 1 is 1.16 bits per heavy atom. The molecule has 140 valence electrons.